The minimum Gasteiger partial charge on any atom is -0.349 e. The van der Waals surface area contributed by atoms with Crippen molar-refractivity contribution in [3.63, 3.8) is 0 Å². The van der Waals surface area contributed by atoms with Crippen molar-refractivity contribution in [1.82, 2.24) is 15.2 Å². The van der Waals surface area contributed by atoms with Crippen molar-refractivity contribution in [2.45, 2.75) is 44.6 Å². The summed E-state index contributed by atoms with van der Waals surface area (Å²) in [6.45, 7) is 1.56. The largest absolute Gasteiger partial charge is 0.349 e. The van der Waals surface area contributed by atoms with Gasteiger partial charge < -0.3 is 15.2 Å². The molecule has 2 rings (SSSR count). The Balaban J connectivity index is 0.00000200. The highest BCUT2D eigenvalue weighted by atomic mass is 35.5. The summed E-state index contributed by atoms with van der Waals surface area (Å²) in [6.07, 6.45) is 9.89. The first kappa shape index (κ1) is 17.1. The van der Waals surface area contributed by atoms with Crippen molar-refractivity contribution in [1.29, 1.82) is 0 Å². The maximum Gasteiger partial charge on any atom is 0.267 e. The van der Waals surface area contributed by atoms with Gasteiger partial charge in [0.05, 0.1) is 0 Å². The Kier molecular flexibility index (Phi) is 7.70. The van der Waals surface area contributed by atoms with Gasteiger partial charge in [-0.2, -0.15) is 0 Å². The van der Waals surface area contributed by atoms with Gasteiger partial charge in [-0.1, -0.05) is 25.7 Å². The van der Waals surface area contributed by atoms with Crippen LogP contribution in [0.15, 0.2) is 18.3 Å². The molecule has 0 radical (unpaired) electrons. The number of halogens is 1. The highest BCUT2D eigenvalue weighted by Gasteiger charge is 2.11. The number of nitrogens with one attached hydrogen (secondary N) is 2. The summed E-state index contributed by atoms with van der Waals surface area (Å²) in [5.74, 6) is 0.00941. The molecule has 1 amide bonds. The predicted molar refractivity (Wildman–Crippen MR) is 84.5 cm³/mol. The SMILES string of the molecule is Cl.Cn1cccc1C(=O)NCCNC1CCCCCC1. The van der Waals surface area contributed by atoms with Crippen LogP contribution in [-0.4, -0.2) is 29.6 Å². The van der Waals surface area contributed by atoms with Gasteiger partial charge in [0.1, 0.15) is 5.69 Å². The molecule has 1 aliphatic carbocycles. The summed E-state index contributed by atoms with van der Waals surface area (Å²) in [4.78, 5) is 11.9. The van der Waals surface area contributed by atoms with E-state index in [1.807, 2.05) is 29.9 Å². The molecule has 1 saturated carbocycles. The summed E-state index contributed by atoms with van der Waals surface area (Å²) >= 11 is 0. The Labute approximate surface area is 127 Å². The molecule has 1 aromatic rings. The van der Waals surface area contributed by atoms with Crippen LogP contribution >= 0.6 is 12.4 Å². The topological polar surface area (TPSA) is 46.1 Å². The van der Waals surface area contributed by atoms with Gasteiger partial charge in [0.15, 0.2) is 0 Å². The summed E-state index contributed by atoms with van der Waals surface area (Å²) in [5, 5.41) is 6.51. The lowest BCUT2D eigenvalue weighted by Crippen LogP contribution is -2.37. The molecule has 2 N–H and O–H groups in total. The molecule has 4 nitrogen and oxygen atoms in total. The van der Waals surface area contributed by atoms with E-state index >= 15 is 0 Å². The molecule has 1 aromatic heterocycles. The molecule has 0 saturated heterocycles. The Bertz CT molecular complexity index is 398. The number of rotatable bonds is 5. The van der Waals surface area contributed by atoms with E-state index in [1.165, 1.54) is 38.5 Å². The number of nitrogens with zero attached hydrogens (tertiary/aromatic N) is 1. The van der Waals surface area contributed by atoms with Gasteiger partial charge in [-0.25, -0.2) is 0 Å². The molecular weight excluding hydrogens is 274 g/mol. The van der Waals surface area contributed by atoms with Gasteiger partial charge in [0.25, 0.3) is 5.91 Å². The lowest BCUT2D eigenvalue weighted by molar-refractivity contribution is 0.0945. The van der Waals surface area contributed by atoms with Gasteiger partial charge in [0, 0.05) is 32.4 Å². The third-order valence-corrected chi connectivity index (χ3v) is 3.88. The fraction of sp³-hybridized carbons (Fsp3) is 0.667. The zero-order valence-electron chi connectivity index (χ0n) is 12.2. The minimum absolute atomic E-state index is 0. The zero-order valence-corrected chi connectivity index (χ0v) is 13.0. The molecule has 0 aromatic carbocycles. The highest BCUT2D eigenvalue weighted by Crippen LogP contribution is 2.16. The fourth-order valence-electron chi connectivity index (χ4n) is 2.72. The van der Waals surface area contributed by atoms with Crippen LogP contribution in [0.5, 0.6) is 0 Å². The van der Waals surface area contributed by atoms with E-state index in [0.717, 1.165) is 12.2 Å². The molecule has 0 unspecified atom stereocenters. The van der Waals surface area contributed by atoms with Gasteiger partial charge in [-0.3, -0.25) is 4.79 Å². The van der Waals surface area contributed by atoms with E-state index in [4.69, 9.17) is 0 Å². The fourth-order valence-corrected chi connectivity index (χ4v) is 2.72. The maximum absolute atomic E-state index is 11.9. The van der Waals surface area contributed by atoms with Gasteiger partial charge in [-0.05, 0) is 25.0 Å². The van der Waals surface area contributed by atoms with Crippen LogP contribution in [0.3, 0.4) is 0 Å². The van der Waals surface area contributed by atoms with Crippen molar-refractivity contribution in [2.75, 3.05) is 13.1 Å². The summed E-state index contributed by atoms with van der Waals surface area (Å²) < 4.78 is 1.84. The van der Waals surface area contributed by atoms with E-state index < -0.39 is 0 Å². The number of amides is 1. The normalized spacial score (nSPS) is 16.2. The van der Waals surface area contributed by atoms with Gasteiger partial charge in [-0.15, -0.1) is 12.4 Å². The number of aryl methyl sites for hydroxylation is 1. The summed E-state index contributed by atoms with van der Waals surface area (Å²) in [6, 6.07) is 4.38. The average molecular weight is 300 g/mol. The number of aromatic nitrogens is 1. The zero-order chi connectivity index (χ0) is 13.5. The lowest BCUT2D eigenvalue weighted by Gasteiger charge is -2.16. The third kappa shape index (κ3) is 5.17. The van der Waals surface area contributed by atoms with E-state index in [1.54, 1.807) is 0 Å². The second kappa shape index (κ2) is 9.03. The molecule has 20 heavy (non-hydrogen) atoms. The predicted octanol–water partition coefficient (Wildman–Crippen LogP) is 2.49. The van der Waals surface area contributed by atoms with E-state index in [-0.39, 0.29) is 18.3 Å². The second-order valence-corrected chi connectivity index (χ2v) is 5.40. The van der Waals surface area contributed by atoms with E-state index in [2.05, 4.69) is 10.6 Å². The summed E-state index contributed by atoms with van der Waals surface area (Å²) in [5.41, 5.74) is 0.717. The highest BCUT2D eigenvalue weighted by molar-refractivity contribution is 5.92. The lowest BCUT2D eigenvalue weighted by atomic mass is 10.1. The van der Waals surface area contributed by atoms with E-state index in [0.29, 0.717) is 12.6 Å². The van der Waals surface area contributed by atoms with Crippen LogP contribution < -0.4 is 10.6 Å². The molecule has 0 spiro atoms. The van der Waals surface area contributed by atoms with Crippen LogP contribution in [0.4, 0.5) is 0 Å². The Hall–Kier alpha value is -1.00. The first-order valence-corrected chi connectivity index (χ1v) is 7.40. The molecule has 0 bridgehead atoms. The smallest absolute Gasteiger partial charge is 0.267 e. The van der Waals surface area contributed by atoms with Crippen molar-refractivity contribution < 1.29 is 4.79 Å². The van der Waals surface area contributed by atoms with Crippen LogP contribution in [0.1, 0.15) is 49.0 Å². The first-order chi connectivity index (χ1) is 9.27. The molecule has 5 heteroatoms. The number of hydrogen-bond acceptors (Lipinski definition) is 2. The van der Waals surface area contributed by atoms with Gasteiger partial charge >= 0.3 is 0 Å². The van der Waals surface area contributed by atoms with Crippen LogP contribution in [0.25, 0.3) is 0 Å². The molecule has 0 aliphatic heterocycles. The standard InChI is InChI=1S/C15H25N3O.ClH/c1-18-12-6-9-14(18)15(19)17-11-10-16-13-7-4-2-3-5-8-13;/h6,9,12-13,16H,2-5,7-8,10-11H2,1H3,(H,17,19);1H. The molecule has 1 aliphatic rings. The maximum atomic E-state index is 11.9. The third-order valence-electron chi connectivity index (χ3n) is 3.88. The minimum atomic E-state index is 0. The molecule has 0 atom stereocenters. The Morgan fingerprint density at radius 1 is 1.25 bits per heavy atom. The number of carbonyl (C=O) groups is 1. The molecule has 1 heterocycles. The van der Waals surface area contributed by atoms with Crippen molar-refractivity contribution in [3.8, 4) is 0 Å². The molecular formula is C15H26ClN3O. The van der Waals surface area contributed by atoms with Gasteiger partial charge in [0.2, 0.25) is 0 Å². The Morgan fingerprint density at radius 2 is 1.95 bits per heavy atom. The number of carbonyl (C=O) groups excluding carboxylic acids is 1. The van der Waals surface area contributed by atoms with Crippen LogP contribution in [0.2, 0.25) is 0 Å². The average Bonchev–Trinajstić information content (AvgIpc) is 2.68. The van der Waals surface area contributed by atoms with Crippen LogP contribution in [0, 0.1) is 0 Å². The van der Waals surface area contributed by atoms with Crippen molar-refractivity contribution >= 4 is 18.3 Å². The number of hydrogen-bond donors (Lipinski definition) is 2. The monoisotopic (exact) mass is 299 g/mol. The first-order valence-electron chi connectivity index (χ1n) is 7.40. The molecule has 114 valence electrons. The second-order valence-electron chi connectivity index (χ2n) is 5.40. The quantitative estimate of drug-likeness (QED) is 0.648. The Morgan fingerprint density at radius 3 is 2.55 bits per heavy atom. The summed E-state index contributed by atoms with van der Waals surface area (Å²) in [7, 11) is 1.89. The molecule has 1 fully saturated rings. The van der Waals surface area contributed by atoms with Crippen molar-refractivity contribution in [2.24, 2.45) is 7.05 Å². The van der Waals surface area contributed by atoms with E-state index in [9.17, 15) is 4.79 Å². The van der Waals surface area contributed by atoms with Crippen LogP contribution in [-0.2, 0) is 7.05 Å². The van der Waals surface area contributed by atoms with Crippen molar-refractivity contribution in [3.05, 3.63) is 24.0 Å².